The quantitative estimate of drug-likeness (QED) is 0.667. The molecule has 0 aliphatic carbocycles. The number of likely N-dealkylation sites (tertiary alicyclic amines) is 1. The number of piperidine rings is 1. The van der Waals surface area contributed by atoms with Gasteiger partial charge < -0.3 is 15.2 Å². The first-order chi connectivity index (χ1) is 15.1. The molecule has 1 fully saturated rings. The van der Waals surface area contributed by atoms with Crippen LogP contribution in [0.3, 0.4) is 0 Å². The summed E-state index contributed by atoms with van der Waals surface area (Å²) in [4.78, 5) is 30.3. The van der Waals surface area contributed by atoms with Gasteiger partial charge in [-0.15, -0.1) is 0 Å². The van der Waals surface area contributed by atoms with Crippen molar-refractivity contribution in [2.24, 2.45) is 0 Å². The molecular formula is C23H24N6O2. The highest BCUT2D eigenvalue weighted by molar-refractivity contribution is 5.95. The summed E-state index contributed by atoms with van der Waals surface area (Å²) in [5.74, 6) is -0.356. The summed E-state index contributed by atoms with van der Waals surface area (Å²) in [6.45, 7) is 3.51. The molecule has 2 aromatic heterocycles. The second kappa shape index (κ2) is 8.88. The van der Waals surface area contributed by atoms with Crippen LogP contribution in [0, 0.1) is 11.3 Å². The van der Waals surface area contributed by atoms with Gasteiger partial charge in [-0.2, -0.15) is 10.4 Å². The number of hydrogen-bond donors (Lipinski definition) is 2. The van der Waals surface area contributed by atoms with Crippen molar-refractivity contribution in [2.45, 2.75) is 25.7 Å². The average molecular weight is 416 g/mol. The number of para-hydroxylation sites is 1. The maximum absolute atomic E-state index is 12.9. The first-order valence-corrected chi connectivity index (χ1v) is 10.4. The van der Waals surface area contributed by atoms with E-state index in [2.05, 4.69) is 10.3 Å². The van der Waals surface area contributed by atoms with Gasteiger partial charge in [0.05, 0.1) is 16.9 Å². The molecule has 2 amide bonds. The van der Waals surface area contributed by atoms with Gasteiger partial charge in [0.2, 0.25) is 0 Å². The van der Waals surface area contributed by atoms with E-state index in [9.17, 15) is 9.59 Å². The number of hydrogen-bond acceptors (Lipinski definition) is 4. The molecule has 0 radical (unpaired) electrons. The van der Waals surface area contributed by atoms with Gasteiger partial charge in [0.15, 0.2) is 0 Å². The number of rotatable bonds is 5. The van der Waals surface area contributed by atoms with E-state index in [1.165, 1.54) is 0 Å². The Kier molecular flexibility index (Phi) is 5.85. The summed E-state index contributed by atoms with van der Waals surface area (Å²) >= 11 is 0. The number of nitrogens with one attached hydrogen (secondary N) is 2. The van der Waals surface area contributed by atoms with Crippen molar-refractivity contribution in [1.82, 2.24) is 25.0 Å². The lowest BCUT2D eigenvalue weighted by atomic mass is 9.92. The minimum Gasteiger partial charge on any atom is -0.352 e. The van der Waals surface area contributed by atoms with Crippen LogP contribution in [0.5, 0.6) is 0 Å². The minimum atomic E-state index is -0.161. The molecule has 0 bridgehead atoms. The summed E-state index contributed by atoms with van der Waals surface area (Å²) in [5, 5.41) is 16.6. The van der Waals surface area contributed by atoms with Gasteiger partial charge in [-0.1, -0.05) is 18.2 Å². The standard InChI is InChI=1S/C23H24N6O2/c1-2-25-22(30)19-15-29(18-8-4-3-5-9-18)27-21(19)16-7-6-12-28(14-16)23(31)20-11-10-17(13-24)26-20/h3-5,8-11,15-16,26H,2,6-7,12,14H2,1H3,(H,25,30)/t16-/m0/s1. The van der Waals surface area contributed by atoms with Crippen LogP contribution in [0.4, 0.5) is 0 Å². The number of aromatic amines is 1. The second-order valence-corrected chi connectivity index (χ2v) is 7.56. The van der Waals surface area contributed by atoms with E-state index < -0.39 is 0 Å². The maximum Gasteiger partial charge on any atom is 0.270 e. The normalized spacial score (nSPS) is 16.0. The van der Waals surface area contributed by atoms with Gasteiger partial charge in [0, 0.05) is 31.7 Å². The molecule has 8 nitrogen and oxygen atoms in total. The van der Waals surface area contributed by atoms with E-state index in [0.29, 0.717) is 42.3 Å². The fraction of sp³-hybridized carbons (Fsp3) is 0.304. The third-order valence-electron chi connectivity index (χ3n) is 5.48. The zero-order valence-electron chi connectivity index (χ0n) is 17.3. The summed E-state index contributed by atoms with van der Waals surface area (Å²) < 4.78 is 1.73. The highest BCUT2D eigenvalue weighted by atomic mass is 16.2. The van der Waals surface area contributed by atoms with Crippen LogP contribution in [0.15, 0.2) is 48.7 Å². The van der Waals surface area contributed by atoms with Crippen molar-refractivity contribution < 1.29 is 9.59 Å². The number of nitrogens with zero attached hydrogens (tertiary/aromatic N) is 4. The fourth-order valence-corrected chi connectivity index (χ4v) is 3.97. The molecule has 158 valence electrons. The Labute approximate surface area is 180 Å². The zero-order chi connectivity index (χ0) is 21.8. The molecular weight excluding hydrogens is 392 g/mol. The Bertz CT molecular complexity index is 1120. The SMILES string of the molecule is CCNC(=O)c1cn(-c2ccccc2)nc1[C@H]1CCCN(C(=O)c2ccc(C#N)[nH]2)C1. The Morgan fingerprint density at radius 3 is 2.77 bits per heavy atom. The lowest BCUT2D eigenvalue weighted by molar-refractivity contribution is 0.0700. The molecule has 1 aromatic carbocycles. The predicted octanol–water partition coefficient (Wildman–Crippen LogP) is 2.84. The van der Waals surface area contributed by atoms with E-state index in [1.807, 2.05) is 43.3 Å². The molecule has 1 atom stereocenters. The third-order valence-corrected chi connectivity index (χ3v) is 5.48. The van der Waals surface area contributed by atoms with Gasteiger partial charge in [0.25, 0.3) is 11.8 Å². The Morgan fingerprint density at radius 1 is 1.26 bits per heavy atom. The van der Waals surface area contributed by atoms with Crippen LogP contribution < -0.4 is 5.32 Å². The lowest BCUT2D eigenvalue weighted by Gasteiger charge is -2.32. The molecule has 31 heavy (non-hydrogen) atoms. The molecule has 1 aliphatic heterocycles. The second-order valence-electron chi connectivity index (χ2n) is 7.56. The Balaban J connectivity index is 1.62. The first kappa shape index (κ1) is 20.4. The number of aromatic nitrogens is 3. The smallest absolute Gasteiger partial charge is 0.270 e. The number of nitriles is 1. The number of amides is 2. The highest BCUT2D eigenvalue weighted by Gasteiger charge is 2.31. The molecule has 4 rings (SSSR count). The topological polar surface area (TPSA) is 107 Å². The molecule has 3 aromatic rings. The van der Waals surface area contributed by atoms with E-state index in [4.69, 9.17) is 10.4 Å². The lowest BCUT2D eigenvalue weighted by Crippen LogP contribution is -2.40. The number of H-pyrrole nitrogens is 1. The van der Waals surface area contributed by atoms with Gasteiger partial charge in [-0.25, -0.2) is 4.68 Å². The first-order valence-electron chi connectivity index (χ1n) is 10.4. The average Bonchev–Trinajstić information content (AvgIpc) is 3.47. The van der Waals surface area contributed by atoms with Crippen LogP contribution in [0.1, 0.15) is 57.9 Å². The number of carbonyl (C=O) groups excluding carboxylic acids is 2. The Morgan fingerprint density at radius 2 is 2.06 bits per heavy atom. The van der Waals surface area contributed by atoms with E-state index in [0.717, 1.165) is 18.5 Å². The molecule has 0 unspecified atom stereocenters. The molecule has 3 heterocycles. The van der Waals surface area contributed by atoms with E-state index in [-0.39, 0.29) is 17.7 Å². The molecule has 0 spiro atoms. The molecule has 0 saturated carbocycles. The monoisotopic (exact) mass is 416 g/mol. The maximum atomic E-state index is 12.9. The molecule has 1 saturated heterocycles. The van der Waals surface area contributed by atoms with Crippen LogP contribution >= 0.6 is 0 Å². The Hall–Kier alpha value is -3.86. The summed E-state index contributed by atoms with van der Waals surface area (Å²) in [5.41, 5.74) is 2.87. The van der Waals surface area contributed by atoms with Crippen molar-refractivity contribution in [3.8, 4) is 11.8 Å². The summed E-state index contributed by atoms with van der Waals surface area (Å²) in [6, 6.07) is 14.9. The summed E-state index contributed by atoms with van der Waals surface area (Å²) in [6.07, 6.45) is 3.42. The van der Waals surface area contributed by atoms with Crippen LogP contribution in [-0.2, 0) is 0 Å². The molecule has 2 N–H and O–H groups in total. The van der Waals surface area contributed by atoms with E-state index >= 15 is 0 Å². The van der Waals surface area contributed by atoms with Crippen molar-refractivity contribution in [3.63, 3.8) is 0 Å². The predicted molar refractivity (Wildman–Crippen MR) is 115 cm³/mol. The van der Waals surface area contributed by atoms with Crippen molar-refractivity contribution in [2.75, 3.05) is 19.6 Å². The van der Waals surface area contributed by atoms with Crippen LogP contribution in [0.25, 0.3) is 5.69 Å². The third kappa shape index (κ3) is 4.21. The van der Waals surface area contributed by atoms with E-state index in [1.54, 1.807) is 27.9 Å². The van der Waals surface area contributed by atoms with Gasteiger partial charge in [-0.05, 0) is 44.0 Å². The number of carbonyl (C=O) groups is 2. The molecule has 1 aliphatic rings. The van der Waals surface area contributed by atoms with Crippen molar-refractivity contribution >= 4 is 11.8 Å². The summed E-state index contributed by atoms with van der Waals surface area (Å²) in [7, 11) is 0. The van der Waals surface area contributed by atoms with Gasteiger partial charge in [-0.3, -0.25) is 9.59 Å². The molecule has 8 heteroatoms. The van der Waals surface area contributed by atoms with Gasteiger partial charge in [0.1, 0.15) is 17.5 Å². The van der Waals surface area contributed by atoms with Crippen LogP contribution in [0.2, 0.25) is 0 Å². The minimum absolute atomic E-state index is 0.0503. The van der Waals surface area contributed by atoms with Crippen LogP contribution in [-0.4, -0.2) is 51.1 Å². The van der Waals surface area contributed by atoms with Crippen molar-refractivity contribution in [1.29, 1.82) is 5.26 Å². The fourth-order valence-electron chi connectivity index (χ4n) is 3.97. The zero-order valence-corrected chi connectivity index (χ0v) is 17.3. The highest BCUT2D eigenvalue weighted by Crippen LogP contribution is 2.30. The largest absolute Gasteiger partial charge is 0.352 e. The van der Waals surface area contributed by atoms with Gasteiger partial charge >= 0.3 is 0 Å². The van der Waals surface area contributed by atoms with Crippen molar-refractivity contribution in [3.05, 3.63) is 71.3 Å². The number of benzene rings is 1.